The molecule has 2 radical (unpaired) electrons. The first-order valence-corrected chi connectivity index (χ1v) is 2.82. The maximum Gasteiger partial charge on any atom is 0.147 e. The van der Waals surface area contributed by atoms with Crippen LogP contribution in [0.2, 0.25) is 0 Å². The van der Waals surface area contributed by atoms with E-state index in [2.05, 4.69) is 0 Å². The molecule has 0 atom stereocenters. The molecular formula is C6H5BF2N2. The van der Waals surface area contributed by atoms with Crippen molar-refractivity contribution in [1.82, 2.24) is 0 Å². The van der Waals surface area contributed by atoms with Crippen LogP contribution in [0.4, 0.5) is 20.2 Å². The molecule has 5 heteroatoms. The van der Waals surface area contributed by atoms with Gasteiger partial charge in [0, 0.05) is 0 Å². The summed E-state index contributed by atoms with van der Waals surface area (Å²) < 4.78 is 25.2. The van der Waals surface area contributed by atoms with Gasteiger partial charge < -0.3 is 11.5 Å². The van der Waals surface area contributed by atoms with Crippen molar-refractivity contribution < 1.29 is 8.78 Å². The number of anilines is 2. The Labute approximate surface area is 63.6 Å². The molecule has 0 heterocycles. The van der Waals surface area contributed by atoms with Gasteiger partial charge in [-0.05, 0) is 6.07 Å². The quantitative estimate of drug-likeness (QED) is 0.405. The van der Waals surface area contributed by atoms with Gasteiger partial charge in [-0.25, -0.2) is 8.78 Å². The molecule has 0 aliphatic rings. The van der Waals surface area contributed by atoms with E-state index in [1.807, 2.05) is 0 Å². The van der Waals surface area contributed by atoms with Gasteiger partial charge in [-0.3, -0.25) is 0 Å². The fourth-order valence-corrected chi connectivity index (χ4v) is 0.680. The number of hydrogen-bond donors (Lipinski definition) is 2. The lowest BCUT2D eigenvalue weighted by atomic mass is 9.94. The highest BCUT2D eigenvalue weighted by molar-refractivity contribution is 6.33. The van der Waals surface area contributed by atoms with E-state index in [4.69, 9.17) is 19.3 Å². The lowest BCUT2D eigenvalue weighted by Gasteiger charge is -2.04. The van der Waals surface area contributed by atoms with Crippen molar-refractivity contribution in [2.75, 3.05) is 11.5 Å². The molecule has 0 amide bonds. The molecule has 0 aliphatic carbocycles. The van der Waals surface area contributed by atoms with Crippen molar-refractivity contribution in [3.05, 3.63) is 17.7 Å². The number of rotatable bonds is 0. The smallest absolute Gasteiger partial charge is 0.147 e. The van der Waals surface area contributed by atoms with Gasteiger partial charge in [0.1, 0.15) is 19.5 Å². The molecule has 1 aromatic rings. The van der Waals surface area contributed by atoms with Gasteiger partial charge in [0.15, 0.2) is 0 Å². The van der Waals surface area contributed by atoms with E-state index < -0.39 is 23.0 Å². The molecular weight excluding hydrogens is 149 g/mol. The van der Waals surface area contributed by atoms with Crippen LogP contribution in [0.3, 0.4) is 0 Å². The molecule has 0 bridgehead atoms. The fourth-order valence-electron chi connectivity index (χ4n) is 0.680. The lowest BCUT2D eigenvalue weighted by molar-refractivity contribution is 0.615. The molecule has 56 valence electrons. The second-order valence-electron chi connectivity index (χ2n) is 2.09. The summed E-state index contributed by atoms with van der Waals surface area (Å²) in [6.45, 7) is 0. The molecule has 0 saturated carbocycles. The van der Waals surface area contributed by atoms with Crippen molar-refractivity contribution >= 4 is 24.7 Å². The summed E-state index contributed by atoms with van der Waals surface area (Å²) in [6.07, 6.45) is 0. The molecule has 0 unspecified atom stereocenters. The van der Waals surface area contributed by atoms with Crippen LogP contribution in [0.25, 0.3) is 0 Å². The van der Waals surface area contributed by atoms with E-state index in [0.717, 1.165) is 6.07 Å². The monoisotopic (exact) mass is 154 g/mol. The highest BCUT2D eigenvalue weighted by Gasteiger charge is 2.09. The van der Waals surface area contributed by atoms with Crippen LogP contribution >= 0.6 is 0 Å². The zero-order valence-electron chi connectivity index (χ0n) is 5.57. The molecule has 11 heavy (non-hydrogen) atoms. The largest absolute Gasteiger partial charge is 0.395 e. The number of halogens is 2. The van der Waals surface area contributed by atoms with Crippen LogP contribution < -0.4 is 16.9 Å². The third-order valence-corrected chi connectivity index (χ3v) is 1.32. The molecule has 4 N–H and O–H groups in total. The summed E-state index contributed by atoms with van der Waals surface area (Å²) in [5, 5.41) is 0. The maximum atomic E-state index is 12.7. The minimum atomic E-state index is -0.871. The maximum absolute atomic E-state index is 12.7. The summed E-state index contributed by atoms with van der Waals surface area (Å²) in [7, 11) is 5.04. The summed E-state index contributed by atoms with van der Waals surface area (Å²) in [5.74, 6) is -1.68. The standard InChI is InChI=1S/C6H5BF2N2/c7-2-1-3(8)5(10)6(11)4(2)9/h1H,10-11H2. The van der Waals surface area contributed by atoms with Gasteiger partial charge >= 0.3 is 0 Å². The predicted octanol–water partition coefficient (Wildman–Crippen LogP) is -0.0770. The van der Waals surface area contributed by atoms with E-state index in [1.165, 1.54) is 0 Å². The third kappa shape index (κ3) is 1.13. The topological polar surface area (TPSA) is 52.0 Å². The van der Waals surface area contributed by atoms with Crippen LogP contribution in [-0.4, -0.2) is 7.85 Å². The Hall–Kier alpha value is -1.26. The molecule has 1 rings (SSSR count). The molecule has 0 fully saturated rings. The molecule has 0 aliphatic heterocycles. The van der Waals surface area contributed by atoms with Crippen molar-refractivity contribution in [2.45, 2.75) is 0 Å². The molecule has 0 spiro atoms. The Balaban J connectivity index is 3.46. The lowest BCUT2D eigenvalue weighted by Crippen LogP contribution is -2.15. The third-order valence-electron chi connectivity index (χ3n) is 1.32. The Morgan fingerprint density at radius 3 is 2.27 bits per heavy atom. The Morgan fingerprint density at radius 1 is 1.18 bits per heavy atom. The van der Waals surface area contributed by atoms with Gasteiger partial charge in [-0.2, -0.15) is 0 Å². The first kappa shape index (κ1) is 7.85. The minimum Gasteiger partial charge on any atom is -0.395 e. The number of nitrogens with two attached hydrogens (primary N) is 2. The van der Waals surface area contributed by atoms with Gasteiger partial charge in [-0.1, -0.05) is 5.46 Å². The second kappa shape index (κ2) is 2.41. The van der Waals surface area contributed by atoms with Gasteiger partial charge in [0.2, 0.25) is 0 Å². The number of nitrogen functional groups attached to an aromatic ring is 2. The fraction of sp³-hybridized carbons (Fsp3) is 0. The van der Waals surface area contributed by atoms with E-state index >= 15 is 0 Å². The second-order valence-corrected chi connectivity index (χ2v) is 2.09. The predicted molar refractivity (Wildman–Crippen MR) is 40.6 cm³/mol. The van der Waals surface area contributed by atoms with E-state index in [1.54, 1.807) is 0 Å². The SMILES string of the molecule is [B]c1cc(F)c(N)c(N)c1F. The zero-order chi connectivity index (χ0) is 8.59. The average molecular weight is 154 g/mol. The normalized spacial score (nSPS) is 10.0. The van der Waals surface area contributed by atoms with Crippen LogP contribution in [-0.2, 0) is 0 Å². The molecule has 0 saturated heterocycles. The van der Waals surface area contributed by atoms with Crippen molar-refractivity contribution in [3.63, 3.8) is 0 Å². The van der Waals surface area contributed by atoms with Gasteiger partial charge in [0.25, 0.3) is 0 Å². The molecule has 2 nitrogen and oxygen atoms in total. The minimum absolute atomic E-state index is 0.339. The summed E-state index contributed by atoms with van der Waals surface area (Å²) >= 11 is 0. The molecule has 0 aromatic heterocycles. The average Bonchev–Trinajstić information content (AvgIpc) is 1.97. The first-order chi connectivity index (χ1) is 5.04. The van der Waals surface area contributed by atoms with E-state index in [0.29, 0.717) is 0 Å². The van der Waals surface area contributed by atoms with Crippen molar-refractivity contribution in [2.24, 2.45) is 0 Å². The summed E-state index contributed by atoms with van der Waals surface area (Å²) in [6, 6.07) is 0.793. The highest BCUT2D eigenvalue weighted by atomic mass is 19.1. The molecule has 1 aromatic carbocycles. The summed E-state index contributed by atoms with van der Waals surface area (Å²) in [4.78, 5) is 0. The Bertz CT molecular complexity index is 275. The summed E-state index contributed by atoms with van der Waals surface area (Å²) in [5.41, 5.74) is 8.93. The first-order valence-electron chi connectivity index (χ1n) is 2.82. The van der Waals surface area contributed by atoms with Crippen LogP contribution in [0.15, 0.2) is 6.07 Å². The van der Waals surface area contributed by atoms with Crippen LogP contribution in [0.1, 0.15) is 0 Å². The van der Waals surface area contributed by atoms with Gasteiger partial charge in [-0.15, -0.1) is 0 Å². The van der Waals surface area contributed by atoms with Gasteiger partial charge in [0.05, 0.1) is 11.4 Å². The Kier molecular flexibility index (Phi) is 1.72. The van der Waals surface area contributed by atoms with Crippen molar-refractivity contribution in [1.29, 1.82) is 0 Å². The highest BCUT2D eigenvalue weighted by Crippen LogP contribution is 2.19. The van der Waals surface area contributed by atoms with Crippen LogP contribution in [0, 0.1) is 11.6 Å². The van der Waals surface area contributed by atoms with Crippen molar-refractivity contribution in [3.8, 4) is 0 Å². The number of benzene rings is 1. The van der Waals surface area contributed by atoms with Crippen LogP contribution in [0.5, 0.6) is 0 Å². The number of hydrogen-bond acceptors (Lipinski definition) is 2. The van der Waals surface area contributed by atoms with E-state index in [9.17, 15) is 8.78 Å². The zero-order valence-corrected chi connectivity index (χ0v) is 5.57. The van der Waals surface area contributed by atoms with E-state index in [-0.39, 0.29) is 5.46 Å². The Morgan fingerprint density at radius 2 is 1.73 bits per heavy atom.